The van der Waals surface area contributed by atoms with Gasteiger partial charge in [-0.1, -0.05) is 20.8 Å². The number of aryl methyl sites for hydroxylation is 1. The Labute approximate surface area is 89.9 Å². The standard InChI is InChI=1S/C11H18N2O2/c1-4-6-13-7-5-12-11(13)10(15)9(14)8(2)3/h5,7-9,14H,4,6H2,1-3H3. The third-order valence-corrected chi connectivity index (χ3v) is 2.30. The number of imidazole rings is 1. The van der Waals surface area contributed by atoms with Gasteiger partial charge in [-0.15, -0.1) is 0 Å². The zero-order valence-corrected chi connectivity index (χ0v) is 9.47. The van der Waals surface area contributed by atoms with Crippen LogP contribution >= 0.6 is 0 Å². The molecule has 1 aromatic rings. The summed E-state index contributed by atoms with van der Waals surface area (Å²) in [6.07, 6.45) is 3.34. The minimum Gasteiger partial charge on any atom is -0.385 e. The molecule has 0 spiro atoms. The smallest absolute Gasteiger partial charge is 0.226 e. The van der Waals surface area contributed by atoms with Crippen molar-refractivity contribution in [3.63, 3.8) is 0 Å². The highest BCUT2D eigenvalue weighted by atomic mass is 16.3. The summed E-state index contributed by atoms with van der Waals surface area (Å²) in [5.74, 6) is -0.00854. The molecule has 4 nitrogen and oxygen atoms in total. The molecule has 4 heteroatoms. The van der Waals surface area contributed by atoms with Gasteiger partial charge >= 0.3 is 0 Å². The highest BCUT2D eigenvalue weighted by Gasteiger charge is 2.23. The molecule has 0 saturated carbocycles. The lowest BCUT2D eigenvalue weighted by Gasteiger charge is -2.13. The molecule has 0 amide bonds. The molecule has 0 aliphatic heterocycles. The summed E-state index contributed by atoms with van der Waals surface area (Å²) >= 11 is 0. The van der Waals surface area contributed by atoms with Crippen LogP contribution in [0.1, 0.15) is 37.8 Å². The predicted octanol–water partition coefficient (Wildman–Crippen LogP) is 1.49. The van der Waals surface area contributed by atoms with Crippen molar-refractivity contribution in [1.29, 1.82) is 0 Å². The SMILES string of the molecule is CCCn1ccnc1C(=O)C(O)C(C)C. The quantitative estimate of drug-likeness (QED) is 0.749. The number of hydrogen-bond donors (Lipinski definition) is 1. The molecule has 0 bridgehead atoms. The van der Waals surface area contributed by atoms with Gasteiger partial charge in [0.25, 0.3) is 0 Å². The van der Waals surface area contributed by atoms with Crippen molar-refractivity contribution in [3.8, 4) is 0 Å². The van der Waals surface area contributed by atoms with Crippen LogP contribution in [0.4, 0.5) is 0 Å². The van der Waals surface area contributed by atoms with E-state index in [9.17, 15) is 9.90 Å². The summed E-state index contributed by atoms with van der Waals surface area (Å²) in [5, 5.41) is 9.66. The minimum absolute atomic E-state index is 0.0794. The molecule has 0 aromatic carbocycles. The second-order valence-corrected chi connectivity index (χ2v) is 4.00. The second-order valence-electron chi connectivity index (χ2n) is 4.00. The fourth-order valence-corrected chi connectivity index (χ4v) is 1.39. The molecule has 1 heterocycles. The summed E-state index contributed by atoms with van der Waals surface area (Å²) in [6.45, 7) is 6.42. The Morgan fingerprint density at radius 2 is 2.27 bits per heavy atom. The maximum atomic E-state index is 11.8. The van der Waals surface area contributed by atoms with Gasteiger partial charge in [-0.25, -0.2) is 4.98 Å². The Balaban J connectivity index is 2.86. The number of rotatable bonds is 5. The third kappa shape index (κ3) is 2.65. The number of nitrogens with zero attached hydrogens (tertiary/aromatic N) is 2. The van der Waals surface area contributed by atoms with E-state index in [1.165, 1.54) is 0 Å². The van der Waals surface area contributed by atoms with Crippen molar-refractivity contribution in [2.45, 2.75) is 39.8 Å². The first-order valence-corrected chi connectivity index (χ1v) is 5.31. The Hall–Kier alpha value is -1.16. The normalized spacial score (nSPS) is 13.1. The third-order valence-electron chi connectivity index (χ3n) is 2.30. The van der Waals surface area contributed by atoms with Gasteiger partial charge in [0.15, 0.2) is 5.82 Å². The van der Waals surface area contributed by atoms with Gasteiger partial charge in [-0.3, -0.25) is 4.79 Å². The number of carbonyl (C=O) groups excluding carboxylic acids is 1. The van der Waals surface area contributed by atoms with Gasteiger partial charge < -0.3 is 9.67 Å². The molecule has 0 fully saturated rings. The molecule has 15 heavy (non-hydrogen) atoms. The zero-order chi connectivity index (χ0) is 11.4. The molecule has 84 valence electrons. The van der Waals surface area contributed by atoms with Gasteiger partial charge in [0.05, 0.1) is 0 Å². The molecule has 0 aliphatic carbocycles. The van der Waals surface area contributed by atoms with Crippen molar-refractivity contribution in [1.82, 2.24) is 9.55 Å². The van der Waals surface area contributed by atoms with E-state index in [2.05, 4.69) is 4.98 Å². The first-order valence-electron chi connectivity index (χ1n) is 5.31. The van der Waals surface area contributed by atoms with Crippen molar-refractivity contribution < 1.29 is 9.90 Å². The molecular weight excluding hydrogens is 192 g/mol. The van der Waals surface area contributed by atoms with Crippen LogP contribution in [0.2, 0.25) is 0 Å². The van der Waals surface area contributed by atoms with E-state index in [-0.39, 0.29) is 11.7 Å². The first-order chi connectivity index (χ1) is 7.07. The molecule has 0 radical (unpaired) electrons. The number of aliphatic hydroxyl groups excluding tert-OH is 1. The fraction of sp³-hybridized carbons (Fsp3) is 0.636. The number of Topliss-reactive ketones (excluding diaryl/α,β-unsaturated/α-hetero) is 1. The van der Waals surface area contributed by atoms with Crippen LogP contribution in [0, 0.1) is 5.92 Å². The van der Waals surface area contributed by atoms with Crippen molar-refractivity contribution in [2.24, 2.45) is 5.92 Å². The molecule has 1 atom stereocenters. The maximum Gasteiger partial charge on any atom is 0.226 e. The molecule has 0 saturated heterocycles. The van der Waals surface area contributed by atoms with Gasteiger partial charge in [0, 0.05) is 18.9 Å². The average Bonchev–Trinajstić information content (AvgIpc) is 2.64. The summed E-state index contributed by atoms with van der Waals surface area (Å²) in [4.78, 5) is 15.8. The highest BCUT2D eigenvalue weighted by Crippen LogP contribution is 2.09. The lowest BCUT2D eigenvalue weighted by molar-refractivity contribution is 0.0632. The minimum atomic E-state index is -0.956. The van der Waals surface area contributed by atoms with Crippen LogP contribution in [-0.4, -0.2) is 26.5 Å². The molecule has 1 N–H and O–H groups in total. The van der Waals surface area contributed by atoms with Crippen LogP contribution < -0.4 is 0 Å². The average molecular weight is 210 g/mol. The van der Waals surface area contributed by atoms with Crippen LogP contribution in [0.3, 0.4) is 0 Å². The first kappa shape index (κ1) is 11.9. The Morgan fingerprint density at radius 1 is 1.60 bits per heavy atom. The number of ketones is 1. The fourth-order valence-electron chi connectivity index (χ4n) is 1.39. The Kier molecular flexibility index (Phi) is 4.03. The zero-order valence-electron chi connectivity index (χ0n) is 9.47. The predicted molar refractivity (Wildman–Crippen MR) is 57.7 cm³/mol. The Morgan fingerprint density at radius 3 is 2.80 bits per heavy atom. The van der Waals surface area contributed by atoms with E-state index in [1.807, 2.05) is 20.8 Å². The topological polar surface area (TPSA) is 55.1 Å². The molecular formula is C11H18N2O2. The van der Waals surface area contributed by atoms with Gasteiger partial charge in [-0.2, -0.15) is 0 Å². The van der Waals surface area contributed by atoms with Gasteiger partial charge in [-0.05, 0) is 12.3 Å². The van der Waals surface area contributed by atoms with E-state index >= 15 is 0 Å². The van der Waals surface area contributed by atoms with E-state index in [1.54, 1.807) is 17.0 Å². The van der Waals surface area contributed by atoms with Crippen molar-refractivity contribution in [2.75, 3.05) is 0 Å². The van der Waals surface area contributed by atoms with Gasteiger partial charge in [0.2, 0.25) is 5.78 Å². The van der Waals surface area contributed by atoms with Crippen molar-refractivity contribution >= 4 is 5.78 Å². The number of hydrogen-bond acceptors (Lipinski definition) is 3. The maximum absolute atomic E-state index is 11.8. The van der Waals surface area contributed by atoms with E-state index < -0.39 is 6.10 Å². The van der Waals surface area contributed by atoms with E-state index in [0.717, 1.165) is 13.0 Å². The van der Waals surface area contributed by atoms with Crippen molar-refractivity contribution in [3.05, 3.63) is 18.2 Å². The lowest BCUT2D eigenvalue weighted by Crippen LogP contribution is -2.28. The van der Waals surface area contributed by atoms with Crippen LogP contribution in [0.15, 0.2) is 12.4 Å². The van der Waals surface area contributed by atoms with Crippen LogP contribution in [-0.2, 0) is 6.54 Å². The Bertz CT molecular complexity index is 331. The van der Waals surface area contributed by atoms with Crippen LogP contribution in [0.5, 0.6) is 0 Å². The van der Waals surface area contributed by atoms with E-state index in [4.69, 9.17) is 0 Å². The highest BCUT2D eigenvalue weighted by molar-refractivity contribution is 5.96. The summed E-state index contributed by atoms with van der Waals surface area (Å²) in [5.41, 5.74) is 0. The second kappa shape index (κ2) is 5.07. The summed E-state index contributed by atoms with van der Waals surface area (Å²) in [6, 6.07) is 0. The number of aromatic nitrogens is 2. The van der Waals surface area contributed by atoms with Crippen LogP contribution in [0.25, 0.3) is 0 Å². The monoisotopic (exact) mass is 210 g/mol. The summed E-state index contributed by atoms with van der Waals surface area (Å²) in [7, 11) is 0. The lowest BCUT2D eigenvalue weighted by atomic mass is 10.0. The summed E-state index contributed by atoms with van der Waals surface area (Å²) < 4.78 is 1.79. The largest absolute Gasteiger partial charge is 0.385 e. The molecule has 1 unspecified atom stereocenters. The molecule has 1 rings (SSSR count). The van der Waals surface area contributed by atoms with Gasteiger partial charge in [0.1, 0.15) is 6.10 Å². The molecule has 1 aromatic heterocycles. The number of carbonyl (C=O) groups is 1. The molecule has 0 aliphatic rings. The number of aliphatic hydroxyl groups is 1. The van der Waals surface area contributed by atoms with E-state index in [0.29, 0.717) is 5.82 Å².